The summed E-state index contributed by atoms with van der Waals surface area (Å²) in [4.78, 5) is 11.6. The SMILES string of the molecule is CCCCCNCC(=O)Nc1cc(Cl)cc(Cl)c1. The van der Waals surface area contributed by atoms with Crippen molar-refractivity contribution in [1.82, 2.24) is 5.32 Å². The predicted molar refractivity (Wildman–Crippen MR) is 77.5 cm³/mol. The van der Waals surface area contributed by atoms with Crippen LogP contribution in [0, 0.1) is 0 Å². The van der Waals surface area contributed by atoms with Gasteiger partial charge in [0.05, 0.1) is 6.54 Å². The number of carbonyl (C=O) groups excluding carboxylic acids is 1. The molecule has 0 heterocycles. The molecule has 1 aromatic carbocycles. The van der Waals surface area contributed by atoms with Crippen molar-refractivity contribution in [2.24, 2.45) is 0 Å². The predicted octanol–water partition coefficient (Wildman–Crippen LogP) is 3.71. The molecule has 0 saturated carbocycles. The van der Waals surface area contributed by atoms with Crippen LogP contribution in [0.5, 0.6) is 0 Å². The van der Waals surface area contributed by atoms with Crippen LogP contribution in [0.25, 0.3) is 0 Å². The first kappa shape index (κ1) is 15.3. The smallest absolute Gasteiger partial charge is 0.238 e. The molecule has 1 rings (SSSR count). The topological polar surface area (TPSA) is 41.1 Å². The number of halogens is 2. The van der Waals surface area contributed by atoms with Crippen molar-refractivity contribution in [3.05, 3.63) is 28.2 Å². The summed E-state index contributed by atoms with van der Waals surface area (Å²) >= 11 is 11.7. The molecule has 0 atom stereocenters. The molecule has 0 aliphatic heterocycles. The normalized spacial score (nSPS) is 10.4. The highest BCUT2D eigenvalue weighted by Crippen LogP contribution is 2.22. The molecule has 0 aliphatic carbocycles. The highest BCUT2D eigenvalue weighted by atomic mass is 35.5. The van der Waals surface area contributed by atoms with Gasteiger partial charge in [0.15, 0.2) is 0 Å². The number of unbranched alkanes of at least 4 members (excludes halogenated alkanes) is 2. The van der Waals surface area contributed by atoms with Crippen LogP contribution in [0.1, 0.15) is 26.2 Å². The number of anilines is 1. The van der Waals surface area contributed by atoms with E-state index in [0.717, 1.165) is 13.0 Å². The van der Waals surface area contributed by atoms with Crippen molar-refractivity contribution in [1.29, 1.82) is 0 Å². The van der Waals surface area contributed by atoms with E-state index < -0.39 is 0 Å². The zero-order valence-electron chi connectivity index (χ0n) is 10.4. The van der Waals surface area contributed by atoms with Gasteiger partial charge < -0.3 is 10.6 Å². The average Bonchev–Trinajstić information content (AvgIpc) is 2.27. The molecule has 1 aromatic rings. The maximum atomic E-state index is 11.6. The number of benzene rings is 1. The molecular formula is C13H18Cl2N2O. The Morgan fingerprint density at radius 2 is 1.83 bits per heavy atom. The van der Waals surface area contributed by atoms with Crippen molar-refractivity contribution < 1.29 is 4.79 Å². The van der Waals surface area contributed by atoms with Gasteiger partial charge in [-0.25, -0.2) is 0 Å². The lowest BCUT2D eigenvalue weighted by atomic mass is 10.2. The van der Waals surface area contributed by atoms with Crippen LogP contribution in [0.15, 0.2) is 18.2 Å². The van der Waals surface area contributed by atoms with Gasteiger partial charge in [0, 0.05) is 15.7 Å². The molecule has 0 saturated heterocycles. The zero-order valence-corrected chi connectivity index (χ0v) is 11.9. The molecule has 1 amide bonds. The molecule has 5 heteroatoms. The molecule has 0 fully saturated rings. The number of hydrogen-bond donors (Lipinski definition) is 2. The minimum atomic E-state index is -0.0927. The lowest BCUT2D eigenvalue weighted by Crippen LogP contribution is -2.28. The van der Waals surface area contributed by atoms with Crippen LogP contribution in [-0.2, 0) is 4.79 Å². The second kappa shape index (κ2) is 8.35. The summed E-state index contributed by atoms with van der Waals surface area (Å²) in [5, 5.41) is 6.85. The van der Waals surface area contributed by atoms with E-state index in [1.165, 1.54) is 12.8 Å². The Hall–Kier alpha value is -0.770. The largest absolute Gasteiger partial charge is 0.325 e. The maximum absolute atomic E-state index is 11.6. The van der Waals surface area contributed by atoms with E-state index in [9.17, 15) is 4.79 Å². The zero-order chi connectivity index (χ0) is 13.4. The summed E-state index contributed by atoms with van der Waals surface area (Å²) in [6.45, 7) is 3.31. The summed E-state index contributed by atoms with van der Waals surface area (Å²) in [7, 11) is 0. The molecule has 0 radical (unpaired) electrons. The molecule has 0 aromatic heterocycles. The summed E-state index contributed by atoms with van der Waals surface area (Å²) in [6.07, 6.45) is 3.44. The van der Waals surface area contributed by atoms with Gasteiger partial charge in [0.2, 0.25) is 5.91 Å². The second-order valence-electron chi connectivity index (χ2n) is 4.09. The highest BCUT2D eigenvalue weighted by Gasteiger charge is 2.03. The minimum absolute atomic E-state index is 0.0927. The Morgan fingerprint density at radius 3 is 2.44 bits per heavy atom. The Kier molecular flexibility index (Phi) is 7.09. The molecule has 0 unspecified atom stereocenters. The van der Waals surface area contributed by atoms with E-state index in [4.69, 9.17) is 23.2 Å². The van der Waals surface area contributed by atoms with Gasteiger partial charge in [-0.1, -0.05) is 43.0 Å². The highest BCUT2D eigenvalue weighted by molar-refractivity contribution is 6.35. The van der Waals surface area contributed by atoms with Crippen LogP contribution in [-0.4, -0.2) is 19.0 Å². The molecule has 0 bridgehead atoms. The Bertz CT molecular complexity index is 376. The third-order valence-electron chi connectivity index (χ3n) is 2.39. The first-order valence-electron chi connectivity index (χ1n) is 6.08. The van der Waals surface area contributed by atoms with Crippen molar-refractivity contribution in [3.8, 4) is 0 Å². The summed E-state index contributed by atoms with van der Waals surface area (Å²) < 4.78 is 0. The minimum Gasteiger partial charge on any atom is -0.325 e. The van der Waals surface area contributed by atoms with E-state index in [2.05, 4.69) is 17.6 Å². The van der Waals surface area contributed by atoms with Crippen LogP contribution in [0.3, 0.4) is 0 Å². The number of rotatable bonds is 7. The first-order valence-corrected chi connectivity index (χ1v) is 6.84. The van der Waals surface area contributed by atoms with Crippen LogP contribution in [0.2, 0.25) is 10.0 Å². The Morgan fingerprint density at radius 1 is 1.17 bits per heavy atom. The fourth-order valence-electron chi connectivity index (χ4n) is 1.53. The van der Waals surface area contributed by atoms with Crippen molar-refractivity contribution >= 4 is 34.8 Å². The van der Waals surface area contributed by atoms with Crippen molar-refractivity contribution in [3.63, 3.8) is 0 Å². The molecule has 18 heavy (non-hydrogen) atoms. The number of hydrogen-bond acceptors (Lipinski definition) is 2. The quantitative estimate of drug-likeness (QED) is 0.751. The summed E-state index contributed by atoms with van der Waals surface area (Å²) in [6, 6.07) is 4.96. The molecule has 3 nitrogen and oxygen atoms in total. The maximum Gasteiger partial charge on any atom is 0.238 e. The Labute approximate surface area is 118 Å². The molecular weight excluding hydrogens is 271 g/mol. The van der Waals surface area contributed by atoms with Crippen LogP contribution in [0.4, 0.5) is 5.69 Å². The molecule has 0 spiro atoms. The van der Waals surface area contributed by atoms with Crippen LogP contribution >= 0.6 is 23.2 Å². The first-order chi connectivity index (χ1) is 8.61. The third kappa shape index (κ3) is 6.24. The van der Waals surface area contributed by atoms with Crippen molar-refractivity contribution in [2.75, 3.05) is 18.4 Å². The standard InChI is InChI=1S/C13H18Cl2N2O/c1-2-3-4-5-16-9-13(18)17-12-7-10(14)6-11(15)8-12/h6-8,16H,2-5,9H2,1H3,(H,17,18). The molecule has 0 aliphatic rings. The van der Waals surface area contributed by atoms with E-state index in [-0.39, 0.29) is 5.91 Å². The van der Waals surface area contributed by atoms with E-state index in [0.29, 0.717) is 22.3 Å². The molecule has 100 valence electrons. The fraction of sp³-hybridized carbons (Fsp3) is 0.462. The van der Waals surface area contributed by atoms with Gasteiger partial charge in [-0.2, -0.15) is 0 Å². The van der Waals surface area contributed by atoms with E-state index >= 15 is 0 Å². The Balaban J connectivity index is 2.31. The number of carbonyl (C=O) groups is 1. The van der Waals surface area contributed by atoms with Gasteiger partial charge in [0.1, 0.15) is 0 Å². The van der Waals surface area contributed by atoms with Gasteiger partial charge in [-0.15, -0.1) is 0 Å². The van der Waals surface area contributed by atoms with Gasteiger partial charge in [-0.05, 0) is 31.2 Å². The average molecular weight is 289 g/mol. The fourth-order valence-corrected chi connectivity index (χ4v) is 2.06. The molecule has 2 N–H and O–H groups in total. The summed E-state index contributed by atoms with van der Waals surface area (Å²) in [5.74, 6) is -0.0927. The van der Waals surface area contributed by atoms with E-state index in [1.54, 1.807) is 18.2 Å². The lowest BCUT2D eigenvalue weighted by molar-refractivity contribution is -0.115. The second-order valence-corrected chi connectivity index (χ2v) is 4.96. The third-order valence-corrected chi connectivity index (χ3v) is 2.83. The van der Waals surface area contributed by atoms with Gasteiger partial charge in [-0.3, -0.25) is 4.79 Å². The van der Waals surface area contributed by atoms with Gasteiger partial charge >= 0.3 is 0 Å². The monoisotopic (exact) mass is 288 g/mol. The van der Waals surface area contributed by atoms with Crippen molar-refractivity contribution in [2.45, 2.75) is 26.2 Å². The summed E-state index contributed by atoms with van der Waals surface area (Å²) in [5.41, 5.74) is 0.618. The number of nitrogens with one attached hydrogen (secondary N) is 2. The van der Waals surface area contributed by atoms with Gasteiger partial charge in [0.25, 0.3) is 0 Å². The lowest BCUT2D eigenvalue weighted by Gasteiger charge is -2.07. The number of amides is 1. The van der Waals surface area contributed by atoms with E-state index in [1.807, 2.05) is 0 Å². The van der Waals surface area contributed by atoms with Crippen LogP contribution < -0.4 is 10.6 Å².